The molecule has 0 aliphatic carbocycles. The number of aliphatic carboxylic acids is 1. The zero-order valence-corrected chi connectivity index (χ0v) is 79.8. The Morgan fingerprint density at radius 3 is 1.24 bits per heavy atom. The quantitative estimate of drug-likeness (QED) is 0.0184. The van der Waals surface area contributed by atoms with Crippen LogP contribution in [0.25, 0.3) is 0 Å². The van der Waals surface area contributed by atoms with Crippen LogP contribution in [0.15, 0.2) is 43.5 Å². The monoisotopic (exact) mass is 1830 g/mol. The third kappa shape index (κ3) is 48.5. The Balaban J connectivity index is -0.000000445. The number of pyridine rings is 2. The average Bonchev–Trinajstić information content (AvgIpc) is 0.779. The van der Waals surface area contributed by atoms with Gasteiger partial charge < -0.3 is 112 Å². The number of hydrogen-bond acceptors (Lipinski definition) is 31. The largest absolute Gasteiger partial charge is 1.00 e. The summed E-state index contributed by atoms with van der Waals surface area (Å²) in [4.78, 5) is 227. The molecule has 124 heavy (non-hydrogen) atoms. The molecule has 2 aromatic rings. The van der Waals surface area contributed by atoms with Crippen LogP contribution in [0.5, 0.6) is 11.5 Å². The van der Waals surface area contributed by atoms with Crippen molar-refractivity contribution in [2.75, 3.05) is 101 Å². The third-order valence-corrected chi connectivity index (χ3v) is 15.9. The second-order valence-electron chi connectivity index (χ2n) is 30.6. The summed E-state index contributed by atoms with van der Waals surface area (Å²) in [5, 5.41) is 51.5. The van der Waals surface area contributed by atoms with Crippen molar-refractivity contribution in [3.8, 4) is 11.5 Å². The first-order chi connectivity index (χ1) is 55.8. The molecule has 0 bridgehead atoms. The summed E-state index contributed by atoms with van der Waals surface area (Å²) in [7, 11) is 7.98. The number of likely N-dealkylation sites (N-methyl/N-ethyl adjacent to an activating group) is 5. The number of carboxylic acids is 1. The molecule has 41 nitrogen and oxygen atoms in total. The SMILES string of the molecule is CC(=O)O.CC(C)(C)CC(=O)CN.CC(C)(C)[O-].CCCC(=O)c1c(O)c2c([nH]c1=O)CN(C)C(=O)C2.CCOC(=O)C1=C(N)CN(C)C(=O)C1.CCOC(=O)C1=C(O)CN(C)C(=O)C1.CCOC(=O)CC(=O)Cl.CCOC(=O)CC(=O)NC1=C(C(=O)OCC)CC(=O)N(C)C1.CN1Cc2[nH]c(=O)c(C(=O)NCC(=O)CC(C)(C)C)c(O)c2CC1=O.Cl.N.[K+]. The van der Waals surface area contributed by atoms with Crippen LogP contribution in [0.3, 0.4) is 0 Å². The van der Waals surface area contributed by atoms with Crippen LogP contribution in [-0.4, -0.2) is 261 Å². The van der Waals surface area contributed by atoms with Gasteiger partial charge in [-0.05, 0) is 63.5 Å². The Kier molecular flexibility index (Phi) is 59.3. The minimum Gasteiger partial charge on any atom is -0.850 e. The Hall–Kier alpha value is -9.79. The van der Waals surface area contributed by atoms with Gasteiger partial charge in [-0.1, -0.05) is 69.2 Å². The summed E-state index contributed by atoms with van der Waals surface area (Å²) < 4.78 is 23.5. The number of carboxylic acid groups (broad SMARTS) is 1. The zero-order valence-electron chi connectivity index (χ0n) is 75.1. The van der Waals surface area contributed by atoms with E-state index in [0.717, 1.165) is 6.92 Å². The molecule has 44 heteroatoms. The van der Waals surface area contributed by atoms with Crippen molar-refractivity contribution in [2.24, 2.45) is 22.3 Å². The molecule has 7 rings (SSSR count). The van der Waals surface area contributed by atoms with Crippen LogP contribution in [0, 0.1) is 10.8 Å². The molecule has 5 aliphatic heterocycles. The summed E-state index contributed by atoms with van der Waals surface area (Å²) >= 11 is 4.87. The van der Waals surface area contributed by atoms with E-state index in [4.69, 9.17) is 47.2 Å². The molecule has 0 saturated heterocycles. The third-order valence-electron chi connectivity index (χ3n) is 15.8. The van der Waals surface area contributed by atoms with Crippen molar-refractivity contribution in [1.82, 2.24) is 51.3 Å². The molecule has 0 aromatic carbocycles. The summed E-state index contributed by atoms with van der Waals surface area (Å²) in [5.74, 6) is -7.48. The number of hydrogen-bond donors (Lipinski definition) is 11. The van der Waals surface area contributed by atoms with Crippen LogP contribution < -0.4 is 95.9 Å². The first-order valence-electron chi connectivity index (χ1n) is 38.3. The van der Waals surface area contributed by atoms with Gasteiger partial charge in [0.05, 0.1) is 128 Å². The van der Waals surface area contributed by atoms with E-state index in [9.17, 15) is 107 Å². The number of aromatic amines is 2. The van der Waals surface area contributed by atoms with E-state index in [1.807, 2.05) is 48.5 Å². The van der Waals surface area contributed by atoms with Gasteiger partial charge in [-0.25, -0.2) is 14.4 Å². The summed E-state index contributed by atoms with van der Waals surface area (Å²) in [6, 6.07) is 0. The molecule has 0 radical (unpaired) electrons. The molecule has 7 amide bonds. The Bertz CT molecular complexity index is 4240. The van der Waals surface area contributed by atoms with Gasteiger partial charge in [0.2, 0.25) is 40.7 Å². The van der Waals surface area contributed by atoms with Gasteiger partial charge in [-0.3, -0.25) is 76.7 Å². The second kappa shape index (κ2) is 59.9. The number of amides is 7. The molecular formula is C80H125Cl2KN12O29. The molecule has 2 aromatic heterocycles. The Labute approximate surface area is 774 Å². The van der Waals surface area contributed by atoms with Crippen LogP contribution >= 0.6 is 24.0 Å². The zero-order chi connectivity index (χ0) is 94.1. The molecule has 15 N–H and O–H groups in total. The van der Waals surface area contributed by atoms with Gasteiger partial charge >= 0.3 is 81.2 Å². The van der Waals surface area contributed by atoms with Crippen molar-refractivity contribution < 1.29 is 182 Å². The van der Waals surface area contributed by atoms with Crippen molar-refractivity contribution in [1.29, 1.82) is 0 Å². The molecule has 0 atom stereocenters. The van der Waals surface area contributed by atoms with Crippen LogP contribution in [-0.2, 0) is 122 Å². The minimum absolute atomic E-state index is 0. The number of nitrogens with zero attached hydrogens (tertiary/aromatic N) is 5. The molecule has 7 heterocycles. The number of ether oxygens (including phenoxy) is 5. The molecule has 0 spiro atoms. The van der Waals surface area contributed by atoms with Gasteiger partial charge in [0, 0.05) is 95.3 Å². The van der Waals surface area contributed by atoms with Crippen LogP contribution in [0.1, 0.15) is 212 Å². The number of carbonyl (C=O) groups is 17. The number of aliphatic hydroxyl groups excluding tert-OH is 1. The number of nitrogens with one attached hydrogen (secondary N) is 4. The molecule has 0 fully saturated rings. The molecule has 694 valence electrons. The predicted octanol–water partition coefficient (Wildman–Crippen LogP) is -0.0296. The molecular weight excluding hydrogens is 1700 g/mol. The van der Waals surface area contributed by atoms with E-state index in [1.54, 1.807) is 90.6 Å². The number of fused-ring (bicyclic) bond motifs is 2. The molecule has 5 aliphatic rings. The maximum Gasteiger partial charge on any atom is 1.00 e. The number of rotatable bonds is 22. The number of H-pyrrole nitrogens is 2. The van der Waals surface area contributed by atoms with Crippen molar-refractivity contribution in [2.45, 2.75) is 200 Å². The van der Waals surface area contributed by atoms with Crippen LogP contribution in [0.2, 0.25) is 0 Å². The van der Waals surface area contributed by atoms with E-state index < -0.39 is 93.1 Å². The fourth-order valence-corrected chi connectivity index (χ4v) is 10.4. The number of ketones is 3. The van der Waals surface area contributed by atoms with E-state index >= 15 is 0 Å². The molecule has 0 unspecified atom stereocenters. The normalized spacial score (nSPS) is 13.7. The first-order valence-corrected chi connectivity index (χ1v) is 38.7. The summed E-state index contributed by atoms with van der Waals surface area (Å²) in [6.45, 7) is 29.9. The Morgan fingerprint density at radius 1 is 0.516 bits per heavy atom. The number of aromatic nitrogens is 2. The smallest absolute Gasteiger partial charge is 0.850 e. The van der Waals surface area contributed by atoms with Crippen molar-refractivity contribution in [3.63, 3.8) is 0 Å². The van der Waals surface area contributed by atoms with Gasteiger partial charge in [0.25, 0.3) is 23.0 Å². The van der Waals surface area contributed by atoms with E-state index in [-0.39, 0.29) is 278 Å². The topological polar surface area (TPSA) is 633 Å². The van der Waals surface area contributed by atoms with Gasteiger partial charge in [0.15, 0.2) is 11.6 Å². The number of aromatic hydroxyl groups is 2. The first kappa shape index (κ1) is 123. The van der Waals surface area contributed by atoms with Crippen molar-refractivity contribution in [3.05, 3.63) is 88.2 Å². The number of nitrogens with two attached hydrogens (primary N) is 2. The van der Waals surface area contributed by atoms with Gasteiger partial charge in [-0.15, -0.1) is 18.0 Å². The van der Waals surface area contributed by atoms with E-state index in [0.29, 0.717) is 54.2 Å². The van der Waals surface area contributed by atoms with Gasteiger partial charge in [0.1, 0.15) is 47.0 Å². The number of esters is 5. The molecule has 0 saturated carbocycles. The van der Waals surface area contributed by atoms with E-state index in [2.05, 4.69) is 30.1 Å². The minimum atomic E-state index is -0.838. The number of Topliss-reactive ketones (excluding diaryl/α,β-unsaturated/α-hetero) is 3. The maximum absolute atomic E-state index is 12.2. The number of halogens is 2. The van der Waals surface area contributed by atoms with Crippen LogP contribution in [0.4, 0.5) is 0 Å². The predicted molar refractivity (Wildman–Crippen MR) is 448 cm³/mol. The summed E-state index contributed by atoms with van der Waals surface area (Å²) in [5.41, 5.74) is 10.6. The number of carbonyl (C=O) groups excluding carboxylic acids is 16. The maximum atomic E-state index is 12.2. The van der Waals surface area contributed by atoms with Crippen molar-refractivity contribution >= 4 is 124 Å². The standard InChI is InChI=1S/C17H23N3O5.C14H20N2O6.C13H16N2O4.C9H14N2O3.C9H13NO4.C7H15NO.C5H7ClO3.C4H9O.C2H4O2.ClH.K.H3N/c1-17(2,3)6-9(21)7-18-15(24)13-14(23)10-5-12(22)20(4)8-11(10)19-16(13)25;1-4-21-13(19)7-11(17)15-10-8-16(3)12(18)6-9(10)14(20)22-5-2;1-3-4-9(16)11-12(18)7-5-10(17)15(2)6-8(7)14-13(11)19;1-3-14-9(13)6-4-8(12)11(2)5-7(6)10;1-3-14-9(13)6-4-8(12)10(2)5-7(6)11;1-7(2,3)4-6(9)5-8;1-2-9-5(8)3-4(6)7;1-4(2,3)5;1-2(3)4;;;/h5-8H2,1-4H3,(H,18,24)(H2,19,23,25);4-8H2,1-3H3,(H,15,17);3-6H2,1-2H3,(H2,14,18,19);3-5,10H2,1-2H3;11H,3-5H2,1-2H3;4-5,8H2,1-3H3;2-3H2,1H3;1-3H3;1H3,(H,3,4);1H;;1H3/q;;;;;;;-1;;;+1;. The fourth-order valence-electron chi connectivity index (χ4n) is 10.3. The van der Waals surface area contributed by atoms with Gasteiger partial charge in [-0.2, -0.15) is 0 Å². The second-order valence-corrected chi connectivity index (χ2v) is 31.0. The fraction of sp³-hybridized carbons (Fsp3) is 0.588. The van der Waals surface area contributed by atoms with E-state index in [1.165, 1.54) is 24.5 Å². The number of aliphatic hydroxyl groups is 1. The Morgan fingerprint density at radius 2 is 0.855 bits per heavy atom. The summed E-state index contributed by atoms with van der Waals surface area (Å²) in [6.07, 6.45) is 0.579. The average molecular weight is 1830 g/mol.